The Kier molecular flexibility index (Phi) is 7.12. The van der Waals surface area contributed by atoms with Crippen LogP contribution in [-0.2, 0) is 4.79 Å². The number of nitrogens with zero attached hydrogens (tertiary/aromatic N) is 4. The first-order chi connectivity index (χ1) is 18.0. The molecule has 0 spiro atoms. The van der Waals surface area contributed by atoms with E-state index in [0.717, 1.165) is 31.4 Å². The zero-order chi connectivity index (χ0) is 27.2. The van der Waals surface area contributed by atoms with Gasteiger partial charge in [0, 0.05) is 51.1 Å². The fourth-order valence-electron chi connectivity index (χ4n) is 5.66. The maximum absolute atomic E-state index is 13.7. The molecule has 0 radical (unpaired) electrons. The van der Waals surface area contributed by atoms with Gasteiger partial charge in [-0.25, -0.2) is 4.68 Å². The number of β-amino-alcohol motifs (C(OH)–C–C–N with tert-alkyl or cyclic N) is 1. The van der Waals surface area contributed by atoms with Gasteiger partial charge in [-0.1, -0.05) is 6.07 Å². The summed E-state index contributed by atoms with van der Waals surface area (Å²) in [6.07, 6.45) is -2.16. The second kappa shape index (κ2) is 10.2. The normalized spacial score (nSPS) is 23.1. The Balaban J connectivity index is 1.31. The third-order valence-corrected chi connectivity index (χ3v) is 7.54. The van der Waals surface area contributed by atoms with E-state index in [0.29, 0.717) is 43.1 Å². The first-order valence-electron chi connectivity index (χ1n) is 12.9. The Morgan fingerprint density at radius 2 is 1.84 bits per heavy atom. The number of benzene rings is 1. The van der Waals surface area contributed by atoms with Gasteiger partial charge in [0.15, 0.2) is 0 Å². The second-order valence-corrected chi connectivity index (χ2v) is 10.4. The van der Waals surface area contributed by atoms with Crippen LogP contribution in [0.1, 0.15) is 60.3 Å². The Morgan fingerprint density at radius 1 is 1.13 bits per heavy atom. The number of likely N-dealkylation sites (tertiary alicyclic amines) is 2. The molecular weight excluding hydrogens is 503 g/mol. The molecule has 2 saturated heterocycles. The maximum atomic E-state index is 13.7. The summed E-state index contributed by atoms with van der Waals surface area (Å²) in [4.78, 5) is 29.1. The van der Waals surface area contributed by atoms with Crippen molar-refractivity contribution in [3.8, 4) is 11.4 Å². The first kappa shape index (κ1) is 26.5. The lowest BCUT2D eigenvalue weighted by Crippen LogP contribution is -2.47. The number of hydrogen-bond acceptors (Lipinski definition) is 6. The quantitative estimate of drug-likeness (QED) is 0.590. The molecule has 5 rings (SSSR count). The van der Waals surface area contributed by atoms with Crippen molar-refractivity contribution in [2.45, 2.75) is 70.0 Å². The van der Waals surface area contributed by atoms with E-state index in [2.05, 4.69) is 20.1 Å². The number of aliphatic hydroxyl groups excluding tert-OH is 1. The van der Waals surface area contributed by atoms with Gasteiger partial charge >= 0.3 is 6.36 Å². The molecule has 0 bridgehead atoms. The van der Waals surface area contributed by atoms with E-state index < -0.39 is 12.5 Å². The Labute approximate surface area is 218 Å². The van der Waals surface area contributed by atoms with Gasteiger partial charge in [-0.15, -0.1) is 13.2 Å². The SMILES string of the molecule is CC(=O)N[C@@H]1CN(C2CCN(C(=O)c3c(C)nn(-c4cccc(OC(F)(F)F)c4)c3C3CC3)CC2)C[C@H]1O. The van der Waals surface area contributed by atoms with Crippen molar-refractivity contribution in [2.24, 2.45) is 0 Å². The number of aromatic nitrogens is 2. The van der Waals surface area contributed by atoms with Crippen molar-refractivity contribution in [1.29, 1.82) is 0 Å². The third kappa shape index (κ3) is 5.65. The zero-order valence-corrected chi connectivity index (χ0v) is 21.4. The van der Waals surface area contributed by atoms with Gasteiger partial charge in [0.05, 0.1) is 34.8 Å². The molecule has 38 heavy (non-hydrogen) atoms. The molecule has 2 atom stereocenters. The smallest absolute Gasteiger partial charge is 0.406 e. The van der Waals surface area contributed by atoms with Gasteiger partial charge in [-0.05, 0) is 44.7 Å². The van der Waals surface area contributed by atoms with Gasteiger partial charge in [-0.2, -0.15) is 5.10 Å². The molecule has 2 aromatic rings. The van der Waals surface area contributed by atoms with Crippen LogP contribution in [0.25, 0.3) is 5.69 Å². The number of carbonyl (C=O) groups excluding carboxylic acids is 2. The lowest BCUT2D eigenvalue weighted by atomic mass is 10.0. The van der Waals surface area contributed by atoms with Crippen LogP contribution in [0.3, 0.4) is 0 Å². The molecule has 206 valence electrons. The molecule has 1 aromatic carbocycles. The number of rotatable bonds is 6. The molecule has 1 aromatic heterocycles. The summed E-state index contributed by atoms with van der Waals surface area (Å²) in [6, 6.07) is 5.56. The molecule has 0 unspecified atom stereocenters. The number of amides is 2. The van der Waals surface area contributed by atoms with Crippen molar-refractivity contribution in [2.75, 3.05) is 26.2 Å². The van der Waals surface area contributed by atoms with Crippen LogP contribution < -0.4 is 10.1 Å². The second-order valence-electron chi connectivity index (χ2n) is 10.4. The van der Waals surface area contributed by atoms with E-state index in [1.54, 1.807) is 17.7 Å². The molecule has 12 heteroatoms. The summed E-state index contributed by atoms with van der Waals surface area (Å²) < 4.78 is 44.0. The van der Waals surface area contributed by atoms with Crippen molar-refractivity contribution in [3.05, 3.63) is 41.2 Å². The minimum atomic E-state index is -4.80. The minimum absolute atomic E-state index is 0.116. The number of aliphatic hydroxyl groups is 1. The molecular formula is C26H32F3N5O4. The summed E-state index contributed by atoms with van der Waals surface area (Å²) in [5.74, 6) is -0.503. The van der Waals surface area contributed by atoms with Gasteiger partial charge in [0.25, 0.3) is 5.91 Å². The zero-order valence-electron chi connectivity index (χ0n) is 21.4. The summed E-state index contributed by atoms with van der Waals surface area (Å²) in [6.45, 7) is 5.35. The van der Waals surface area contributed by atoms with Crippen LogP contribution in [0.5, 0.6) is 5.75 Å². The van der Waals surface area contributed by atoms with Crippen LogP contribution in [0, 0.1) is 6.92 Å². The topological polar surface area (TPSA) is 99.9 Å². The summed E-state index contributed by atoms with van der Waals surface area (Å²) in [5, 5.41) is 17.7. The van der Waals surface area contributed by atoms with E-state index in [1.807, 2.05) is 4.90 Å². The maximum Gasteiger partial charge on any atom is 0.573 e. The molecule has 9 nitrogen and oxygen atoms in total. The highest BCUT2D eigenvalue weighted by atomic mass is 19.4. The molecule has 2 aliphatic heterocycles. The Bertz CT molecular complexity index is 1200. The van der Waals surface area contributed by atoms with E-state index in [9.17, 15) is 27.9 Å². The van der Waals surface area contributed by atoms with Crippen LogP contribution >= 0.6 is 0 Å². The number of halogens is 3. The number of aryl methyl sites for hydroxylation is 1. The lowest BCUT2D eigenvalue weighted by Gasteiger charge is -2.36. The average Bonchev–Trinajstić information content (AvgIpc) is 3.54. The molecule has 2 amide bonds. The van der Waals surface area contributed by atoms with Gasteiger partial charge in [0.1, 0.15) is 5.75 Å². The molecule has 3 heterocycles. The Hall–Kier alpha value is -3.12. The van der Waals surface area contributed by atoms with Crippen molar-refractivity contribution in [1.82, 2.24) is 24.9 Å². The number of hydrogen-bond donors (Lipinski definition) is 2. The van der Waals surface area contributed by atoms with Crippen molar-refractivity contribution in [3.63, 3.8) is 0 Å². The number of nitrogens with one attached hydrogen (secondary N) is 1. The molecule has 2 N–H and O–H groups in total. The van der Waals surface area contributed by atoms with Crippen LogP contribution in [0.15, 0.2) is 24.3 Å². The van der Waals surface area contributed by atoms with E-state index >= 15 is 0 Å². The molecule has 1 saturated carbocycles. The monoisotopic (exact) mass is 535 g/mol. The van der Waals surface area contributed by atoms with Crippen LogP contribution in [0.2, 0.25) is 0 Å². The Morgan fingerprint density at radius 3 is 2.47 bits per heavy atom. The van der Waals surface area contributed by atoms with Crippen LogP contribution in [-0.4, -0.2) is 87.2 Å². The molecule has 3 aliphatic rings. The lowest BCUT2D eigenvalue weighted by molar-refractivity contribution is -0.274. The van der Waals surface area contributed by atoms with E-state index in [1.165, 1.54) is 25.1 Å². The molecule has 1 aliphatic carbocycles. The van der Waals surface area contributed by atoms with Crippen LogP contribution in [0.4, 0.5) is 13.2 Å². The van der Waals surface area contributed by atoms with E-state index in [-0.39, 0.29) is 35.6 Å². The first-order valence-corrected chi connectivity index (χ1v) is 12.9. The van der Waals surface area contributed by atoms with Gasteiger partial charge in [-0.3, -0.25) is 14.5 Å². The van der Waals surface area contributed by atoms with E-state index in [4.69, 9.17) is 0 Å². The predicted octanol–water partition coefficient (Wildman–Crippen LogP) is 2.74. The highest BCUT2D eigenvalue weighted by molar-refractivity contribution is 5.97. The average molecular weight is 536 g/mol. The standard InChI is InChI=1S/C26H32F3N5O4/c1-15-23(24(17-6-7-17)34(31-15)19-4-3-5-20(12-19)38-26(27,28)29)25(37)32-10-8-18(9-11-32)33-13-21(22(36)14-33)30-16(2)35/h3-5,12,17-18,21-22,36H,6-11,13-14H2,1-2H3,(H,30,35)/t21-,22-/m1/s1. The summed E-state index contributed by atoms with van der Waals surface area (Å²) in [5.41, 5.74) is 2.22. The highest BCUT2D eigenvalue weighted by Gasteiger charge is 2.40. The molecule has 3 fully saturated rings. The number of alkyl halides is 3. The predicted molar refractivity (Wildman–Crippen MR) is 131 cm³/mol. The summed E-state index contributed by atoms with van der Waals surface area (Å²) in [7, 11) is 0. The third-order valence-electron chi connectivity index (χ3n) is 7.54. The fraction of sp³-hybridized carbons (Fsp3) is 0.577. The fourth-order valence-corrected chi connectivity index (χ4v) is 5.66. The number of carbonyl (C=O) groups is 2. The number of ether oxygens (including phenoxy) is 1. The largest absolute Gasteiger partial charge is 0.573 e. The van der Waals surface area contributed by atoms with Gasteiger partial charge < -0.3 is 20.1 Å². The van der Waals surface area contributed by atoms with Crippen molar-refractivity contribution < 1.29 is 32.6 Å². The van der Waals surface area contributed by atoms with Crippen molar-refractivity contribution >= 4 is 11.8 Å². The minimum Gasteiger partial charge on any atom is -0.406 e. The number of piperidine rings is 1. The van der Waals surface area contributed by atoms with Gasteiger partial charge in [0.2, 0.25) is 5.91 Å². The summed E-state index contributed by atoms with van der Waals surface area (Å²) >= 11 is 0. The highest BCUT2D eigenvalue weighted by Crippen LogP contribution is 2.44.